The van der Waals surface area contributed by atoms with Gasteiger partial charge in [-0.3, -0.25) is 0 Å². The fraction of sp³-hybridized carbons (Fsp3) is 0.289. The molecule has 0 N–H and O–H groups in total. The third kappa shape index (κ3) is 6.13. The second-order valence-electron chi connectivity index (χ2n) is 11.5. The van der Waals surface area contributed by atoms with E-state index in [1.807, 2.05) is 60.7 Å². The molecule has 2 heterocycles. The molecule has 1 unspecified atom stereocenters. The Kier molecular flexibility index (Phi) is 9.15. The van der Waals surface area contributed by atoms with E-state index in [1.54, 1.807) is 21.1 Å². The summed E-state index contributed by atoms with van der Waals surface area (Å²) in [5.41, 5.74) is 7.76. The van der Waals surface area contributed by atoms with Crippen LogP contribution in [-0.4, -0.2) is 45.9 Å². The number of esters is 1. The van der Waals surface area contributed by atoms with E-state index in [4.69, 9.17) is 28.9 Å². The number of methoxy groups -OCH3 is 2. The predicted octanol–water partition coefficient (Wildman–Crippen LogP) is 7.60. The van der Waals surface area contributed by atoms with Crippen molar-refractivity contribution in [1.29, 1.82) is 0 Å². The Hall–Kier alpha value is -5.31. The topological polar surface area (TPSA) is 89.6 Å². The van der Waals surface area contributed by atoms with Crippen molar-refractivity contribution in [2.75, 3.05) is 20.8 Å². The summed E-state index contributed by atoms with van der Waals surface area (Å²) in [5, 5.41) is 0. The number of nitrogens with zero attached hydrogens (tertiary/aromatic N) is 4. The van der Waals surface area contributed by atoms with Crippen LogP contribution in [0.1, 0.15) is 48.9 Å². The Morgan fingerprint density at radius 1 is 0.872 bits per heavy atom. The molecular formula is C38H40N4O5. The maximum absolute atomic E-state index is 13.0. The maximum atomic E-state index is 13.0. The summed E-state index contributed by atoms with van der Waals surface area (Å²) in [6, 6.07) is 25.6. The van der Waals surface area contributed by atoms with Crippen LogP contribution in [-0.2, 0) is 29.5 Å². The molecule has 1 atom stereocenters. The lowest BCUT2D eigenvalue weighted by atomic mass is 10.1. The van der Waals surface area contributed by atoms with Gasteiger partial charge < -0.3 is 28.1 Å². The summed E-state index contributed by atoms with van der Waals surface area (Å²) in [7, 11) is 5.21. The minimum absolute atomic E-state index is 0.232. The number of aromatic nitrogens is 4. The lowest BCUT2D eigenvalue weighted by Gasteiger charge is -2.22. The number of carbonyl (C=O) groups excluding carboxylic acids is 1. The molecule has 9 heteroatoms. The van der Waals surface area contributed by atoms with E-state index in [9.17, 15) is 4.79 Å². The van der Waals surface area contributed by atoms with Crippen molar-refractivity contribution in [2.24, 2.45) is 7.05 Å². The number of ether oxygens (including phenoxy) is 4. The van der Waals surface area contributed by atoms with Gasteiger partial charge in [-0.1, -0.05) is 49.4 Å². The largest absolute Gasteiger partial charge is 0.493 e. The summed E-state index contributed by atoms with van der Waals surface area (Å²) in [5.74, 6) is 2.63. The van der Waals surface area contributed by atoms with Crippen LogP contribution in [0.4, 0.5) is 0 Å². The Bertz CT molecular complexity index is 2020. The number of hydrogen-bond acceptors (Lipinski definition) is 7. The molecule has 0 fully saturated rings. The van der Waals surface area contributed by atoms with Crippen LogP contribution in [0.15, 0.2) is 78.9 Å². The molecule has 6 aromatic rings. The van der Waals surface area contributed by atoms with Crippen LogP contribution in [0.3, 0.4) is 0 Å². The lowest BCUT2D eigenvalue weighted by Crippen LogP contribution is -2.22. The number of para-hydroxylation sites is 2. The maximum Gasteiger partial charge on any atom is 0.352 e. The van der Waals surface area contributed by atoms with Gasteiger partial charge in [0.2, 0.25) is 11.9 Å². The zero-order chi connectivity index (χ0) is 33.1. The van der Waals surface area contributed by atoms with Crippen LogP contribution in [0, 0.1) is 6.92 Å². The van der Waals surface area contributed by atoms with E-state index in [1.165, 1.54) is 0 Å². The smallest absolute Gasteiger partial charge is 0.352 e. The first-order chi connectivity index (χ1) is 22.9. The highest BCUT2D eigenvalue weighted by Gasteiger charge is 2.28. The molecule has 0 bridgehead atoms. The molecule has 9 nitrogen and oxygen atoms in total. The second-order valence-corrected chi connectivity index (χ2v) is 11.5. The summed E-state index contributed by atoms with van der Waals surface area (Å²) in [6.07, 6.45) is 0.778. The number of fused-ring (bicyclic) bond motifs is 2. The van der Waals surface area contributed by atoms with Gasteiger partial charge >= 0.3 is 5.97 Å². The third-order valence-electron chi connectivity index (χ3n) is 8.34. The fourth-order valence-electron chi connectivity index (χ4n) is 6.10. The summed E-state index contributed by atoms with van der Waals surface area (Å²) in [6.45, 7) is 6.78. The fourth-order valence-corrected chi connectivity index (χ4v) is 6.10. The van der Waals surface area contributed by atoms with E-state index in [2.05, 4.69) is 48.2 Å². The first kappa shape index (κ1) is 31.7. The Morgan fingerprint density at radius 3 is 2.23 bits per heavy atom. The SMILES string of the molecule is CCCc1nc2c(C)cc(-c3nc4ccccc4n3C)cc2n1Cc1cc(OC)c(OC(C(=O)OCC)c2ccccc2)c(OC)c1. The van der Waals surface area contributed by atoms with Crippen molar-refractivity contribution in [1.82, 2.24) is 19.1 Å². The average molecular weight is 633 g/mol. The Balaban J connectivity index is 1.43. The second kappa shape index (κ2) is 13.6. The number of hydrogen-bond donors (Lipinski definition) is 0. The lowest BCUT2D eigenvalue weighted by molar-refractivity contribution is -0.151. The number of carbonyl (C=O) groups is 1. The zero-order valence-corrected chi connectivity index (χ0v) is 27.7. The third-order valence-corrected chi connectivity index (χ3v) is 8.34. The van der Waals surface area contributed by atoms with E-state index in [-0.39, 0.29) is 6.61 Å². The molecule has 47 heavy (non-hydrogen) atoms. The highest BCUT2D eigenvalue weighted by molar-refractivity contribution is 5.87. The quantitative estimate of drug-likeness (QED) is 0.128. The molecule has 4 aromatic carbocycles. The molecule has 6 rings (SSSR count). The Labute approximate surface area is 274 Å². The van der Waals surface area contributed by atoms with Gasteiger partial charge in [0.05, 0.1) is 42.9 Å². The summed E-state index contributed by atoms with van der Waals surface area (Å²) < 4.78 is 27.8. The summed E-state index contributed by atoms with van der Waals surface area (Å²) >= 11 is 0. The van der Waals surface area contributed by atoms with Gasteiger partial charge in [-0.15, -0.1) is 0 Å². The van der Waals surface area contributed by atoms with Crippen molar-refractivity contribution < 1.29 is 23.7 Å². The van der Waals surface area contributed by atoms with E-state index in [0.717, 1.165) is 63.2 Å². The number of aryl methyl sites for hydroxylation is 3. The first-order valence-electron chi connectivity index (χ1n) is 15.9. The molecular weight excluding hydrogens is 592 g/mol. The van der Waals surface area contributed by atoms with E-state index >= 15 is 0 Å². The normalized spacial score (nSPS) is 12.0. The molecule has 0 spiro atoms. The van der Waals surface area contributed by atoms with Gasteiger partial charge in [0, 0.05) is 31.1 Å². The van der Waals surface area contributed by atoms with Gasteiger partial charge in [0.25, 0.3) is 0 Å². The minimum Gasteiger partial charge on any atom is -0.493 e. The number of imidazole rings is 2. The van der Waals surface area contributed by atoms with Gasteiger partial charge in [-0.05, 0) is 67.8 Å². The zero-order valence-electron chi connectivity index (χ0n) is 27.7. The van der Waals surface area contributed by atoms with Crippen molar-refractivity contribution in [3.63, 3.8) is 0 Å². The van der Waals surface area contributed by atoms with Crippen LogP contribution in [0.5, 0.6) is 17.2 Å². The summed E-state index contributed by atoms with van der Waals surface area (Å²) in [4.78, 5) is 23.1. The molecule has 0 aliphatic heterocycles. The molecule has 0 aliphatic rings. The molecule has 0 saturated heterocycles. The average Bonchev–Trinajstić information content (AvgIpc) is 3.61. The first-order valence-corrected chi connectivity index (χ1v) is 15.9. The predicted molar refractivity (Wildman–Crippen MR) is 183 cm³/mol. The highest BCUT2D eigenvalue weighted by Crippen LogP contribution is 2.42. The Morgan fingerprint density at radius 2 is 1.57 bits per heavy atom. The van der Waals surface area contributed by atoms with E-state index < -0.39 is 12.1 Å². The van der Waals surface area contributed by atoms with Gasteiger partial charge in [-0.25, -0.2) is 14.8 Å². The molecule has 0 radical (unpaired) electrons. The molecule has 242 valence electrons. The minimum atomic E-state index is -0.997. The van der Waals surface area contributed by atoms with Crippen LogP contribution < -0.4 is 14.2 Å². The van der Waals surface area contributed by atoms with E-state index in [0.29, 0.717) is 29.4 Å². The van der Waals surface area contributed by atoms with Crippen molar-refractivity contribution >= 4 is 28.0 Å². The van der Waals surface area contributed by atoms with Gasteiger partial charge in [0.15, 0.2) is 11.5 Å². The molecule has 0 aliphatic carbocycles. The number of rotatable bonds is 12. The molecule has 0 amide bonds. The van der Waals surface area contributed by atoms with Gasteiger partial charge in [-0.2, -0.15) is 0 Å². The van der Waals surface area contributed by atoms with Crippen molar-refractivity contribution in [2.45, 2.75) is 46.3 Å². The van der Waals surface area contributed by atoms with Crippen molar-refractivity contribution in [3.8, 4) is 28.6 Å². The monoisotopic (exact) mass is 632 g/mol. The van der Waals surface area contributed by atoms with Gasteiger partial charge in [0.1, 0.15) is 11.6 Å². The van der Waals surface area contributed by atoms with Crippen LogP contribution in [0.2, 0.25) is 0 Å². The standard InChI is InChI=1S/C38H40N4O5/c1-7-14-33-40-34-24(3)19-27(37-39-28-17-12-13-18-29(28)41(37)4)22-30(34)42(33)23-25-20-31(44-5)36(32(21-25)45-6)47-35(38(43)46-8-2)26-15-10-9-11-16-26/h9-13,15-22,35H,7-8,14,23H2,1-6H3. The van der Waals surface area contributed by atoms with Crippen LogP contribution in [0.25, 0.3) is 33.5 Å². The highest BCUT2D eigenvalue weighted by atomic mass is 16.6. The van der Waals surface area contributed by atoms with Crippen LogP contribution >= 0.6 is 0 Å². The van der Waals surface area contributed by atoms with Crippen molar-refractivity contribution in [3.05, 3.63) is 101 Å². The molecule has 2 aromatic heterocycles. The molecule has 0 saturated carbocycles. The number of benzene rings is 4.